The van der Waals surface area contributed by atoms with Crippen molar-refractivity contribution >= 4 is 69.2 Å². The molecule has 4 aromatic carbocycles. The summed E-state index contributed by atoms with van der Waals surface area (Å²) in [6.07, 6.45) is 1.86. The van der Waals surface area contributed by atoms with Gasteiger partial charge in [-0.15, -0.1) is 11.3 Å². The molecule has 0 aliphatic heterocycles. The first kappa shape index (κ1) is 19.0. The molecule has 0 spiro atoms. The predicted molar refractivity (Wildman–Crippen MR) is 145 cm³/mol. The van der Waals surface area contributed by atoms with Gasteiger partial charge in [-0.1, -0.05) is 66.7 Å². The lowest BCUT2D eigenvalue weighted by atomic mass is 10.0. The summed E-state index contributed by atoms with van der Waals surface area (Å²) >= 11 is 5.39. The van der Waals surface area contributed by atoms with E-state index < -0.39 is 0 Å². The zero-order valence-electron chi connectivity index (χ0n) is 17.5. The van der Waals surface area contributed by atoms with Gasteiger partial charge in [0.15, 0.2) is 0 Å². The Bertz CT molecular complexity index is 1830. The molecule has 0 saturated heterocycles. The van der Waals surface area contributed by atoms with Crippen LogP contribution in [-0.2, 0) is 0 Å². The molecular formula is C29H17BrN2S. The highest BCUT2D eigenvalue weighted by molar-refractivity contribution is 9.10. The lowest BCUT2D eigenvalue weighted by Crippen LogP contribution is -1.96. The summed E-state index contributed by atoms with van der Waals surface area (Å²) in [6, 6.07) is 34.8. The van der Waals surface area contributed by atoms with Gasteiger partial charge in [0.2, 0.25) is 0 Å². The van der Waals surface area contributed by atoms with Crippen molar-refractivity contribution in [1.82, 2.24) is 9.55 Å². The van der Waals surface area contributed by atoms with Crippen molar-refractivity contribution in [1.29, 1.82) is 0 Å². The molecule has 0 bridgehead atoms. The third kappa shape index (κ3) is 2.88. The summed E-state index contributed by atoms with van der Waals surface area (Å²) in [5, 5.41) is 5.13. The number of hydrogen-bond donors (Lipinski definition) is 0. The van der Waals surface area contributed by atoms with Crippen molar-refractivity contribution in [2.24, 2.45) is 0 Å². The number of nitrogens with zero attached hydrogens (tertiary/aromatic N) is 2. The molecule has 7 aromatic rings. The van der Waals surface area contributed by atoms with Gasteiger partial charge in [0.1, 0.15) is 5.82 Å². The number of aromatic nitrogens is 2. The second-order valence-corrected chi connectivity index (χ2v) is 10.2. The zero-order valence-corrected chi connectivity index (χ0v) is 19.9. The number of fused-ring (bicyclic) bond motifs is 6. The molecule has 0 radical (unpaired) electrons. The Morgan fingerprint density at radius 1 is 0.667 bits per heavy atom. The van der Waals surface area contributed by atoms with E-state index in [1.54, 1.807) is 0 Å². The standard InChI is InChI=1S/C29H17BrN2S/c30-19-13-15-28(31-17-19)32-25-10-3-1-6-21(25)22-14-12-18(16-26(22)32)20-8-5-9-24-23-7-2-4-11-27(23)33-29(20)24/h1-17H. The summed E-state index contributed by atoms with van der Waals surface area (Å²) in [7, 11) is 0. The Balaban J connectivity index is 1.55. The molecule has 3 heterocycles. The summed E-state index contributed by atoms with van der Waals surface area (Å²) in [5.41, 5.74) is 4.83. The van der Waals surface area contributed by atoms with Crippen molar-refractivity contribution in [3.63, 3.8) is 0 Å². The summed E-state index contributed by atoms with van der Waals surface area (Å²) < 4.78 is 5.91. The van der Waals surface area contributed by atoms with Crippen molar-refractivity contribution < 1.29 is 0 Å². The predicted octanol–water partition coefficient (Wildman–Crippen LogP) is 8.98. The van der Waals surface area contributed by atoms with Gasteiger partial charge < -0.3 is 0 Å². The number of para-hydroxylation sites is 1. The van der Waals surface area contributed by atoms with E-state index in [1.807, 2.05) is 23.6 Å². The minimum Gasteiger partial charge on any atom is -0.294 e. The van der Waals surface area contributed by atoms with Crippen LogP contribution in [0.4, 0.5) is 0 Å². The molecule has 0 atom stereocenters. The molecular weight excluding hydrogens is 488 g/mol. The minimum absolute atomic E-state index is 0.918. The van der Waals surface area contributed by atoms with E-state index >= 15 is 0 Å². The molecule has 0 aliphatic rings. The maximum Gasteiger partial charge on any atom is 0.137 e. The Morgan fingerprint density at radius 2 is 1.45 bits per heavy atom. The molecule has 156 valence electrons. The van der Waals surface area contributed by atoms with Crippen LogP contribution in [0.2, 0.25) is 0 Å². The van der Waals surface area contributed by atoms with Crippen LogP contribution in [0.25, 0.3) is 58.9 Å². The van der Waals surface area contributed by atoms with Crippen LogP contribution in [0, 0.1) is 0 Å². The van der Waals surface area contributed by atoms with Crippen molar-refractivity contribution in [3.8, 4) is 16.9 Å². The largest absolute Gasteiger partial charge is 0.294 e. The molecule has 0 fully saturated rings. The third-order valence-electron chi connectivity index (χ3n) is 6.33. The van der Waals surface area contributed by atoms with Crippen molar-refractivity contribution in [2.75, 3.05) is 0 Å². The number of thiophene rings is 1. The van der Waals surface area contributed by atoms with Gasteiger partial charge in [-0.3, -0.25) is 4.57 Å². The fourth-order valence-corrected chi connectivity index (χ4v) is 6.33. The van der Waals surface area contributed by atoms with E-state index in [4.69, 9.17) is 4.98 Å². The molecule has 0 amide bonds. The van der Waals surface area contributed by atoms with Crippen LogP contribution in [-0.4, -0.2) is 9.55 Å². The highest BCUT2D eigenvalue weighted by Gasteiger charge is 2.15. The molecule has 33 heavy (non-hydrogen) atoms. The Kier molecular flexibility index (Phi) is 4.20. The monoisotopic (exact) mass is 504 g/mol. The van der Waals surface area contributed by atoms with Gasteiger partial charge in [0.05, 0.1) is 11.0 Å². The molecule has 0 unspecified atom stereocenters. The first-order valence-corrected chi connectivity index (χ1v) is 12.4. The normalized spacial score (nSPS) is 11.8. The zero-order chi connectivity index (χ0) is 21.9. The van der Waals surface area contributed by atoms with E-state index in [0.29, 0.717) is 0 Å². The SMILES string of the molecule is Brc1ccc(-n2c3ccccc3c3ccc(-c4cccc5c4sc4ccccc45)cc32)nc1. The third-order valence-corrected chi connectivity index (χ3v) is 8.02. The lowest BCUT2D eigenvalue weighted by molar-refractivity contribution is 1.08. The summed E-state index contributed by atoms with van der Waals surface area (Å²) in [4.78, 5) is 4.72. The number of pyridine rings is 1. The molecule has 3 aromatic heterocycles. The van der Waals surface area contributed by atoms with Gasteiger partial charge in [0, 0.05) is 41.6 Å². The van der Waals surface area contributed by atoms with Crippen molar-refractivity contribution in [3.05, 3.63) is 108 Å². The van der Waals surface area contributed by atoms with Gasteiger partial charge in [-0.05, 0) is 57.4 Å². The maximum absolute atomic E-state index is 4.72. The van der Waals surface area contributed by atoms with E-state index in [-0.39, 0.29) is 0 Å². The van der Waals surface area contributed by atoms with E-state index in [1.165, 1.54) is 53.1 Å². The molecule has 0 N–H and O–H groups in total. The molecule has 4 heteroatoms. The van der Waals surface area contributed by atoms with Crippen LogP contribution < -0.4 is 0 Å². The Morgan fingerprint density at radius 3 is 2.33 bits per heavy atom. The molecule has 0 saturated carbocycles. The molecule has 7 rings (SSSR count). The first-order chi connectivity index (χ1) is 16.3. The second kappa shape index (κ2) is 7.27. The summed E-state index contributed by atoms with van der Waals surface area (Å²) in [6.45, 7) is 0. The Labute approximate surface area is 202 Å². The average molecular weight is 505 g/mol. The van der Waals surface area contributed by atoms with Crippen LogP contribution in [0.1, 0.15) is 0 Å². The topological polar surface area (TPSA) is 17.8 Å². The molecule has 0 aliphatic carbocycles. The number of halogens is 1. The number of rotatable bonds is 2. The molecule has 2 nitrogen and oxygen atoms in total. The van der Waals surface area contributed by atoms with Gasteiger partial charge >= 0.3 is 0 Å². The van der Waals surface area contributed by atoms with Gasteiger partial charge in [-0.25, -0.2) is 4.98 Å². The van der Waals surface area contributed by atoms with Crippen LogP contribution in [0.5, 0.6) is 0 Å². The quantitative estimate of drug-likeness (QED) is 0.229. The fourth-order valence-electron chi connectivity index (χ4n) is 4.86. The number of hydrogen-bond acceptors (Lipinski definition) is 2. The van der Waals surface area contributed by atoms with E-state index in [2.05, 4.69) is 111 Å². The first-order valence-electron chi connectivity index (χ1n) is 10.8. The van der Waals surface area contributed by atoms with Crippen LogP contribution >= 0.6 is 27.3 Å². The van der Waals surface area contributed by atoms with Crippen LogP contribution in [0.15, 0.2) is 108 Å². The highest BCUT2D eigenvalue weighted by atomic mass is 79.9. The second-order valence-electron chi connectivity index (χ2n) is 8.20. The smallest absolute Gasteiger partial charge is 0.137 e. The van der Waals surface area contributed by atoms with Crippen molar-refractivity contribution in [2.45, 2.75) is 0 Å². The number of benzene rings is 4. The minimum atomic E-state index is 0.918. The van der Waals surface area contributed by atoms with E-state index in [0.717, 1.165) is 10.3 Å². The van der Waals surface area contributed by atoms with Gasteiger partial charge in [0.25, 0.3) is 0 Å². The van der Waals surface area contributed by atoms with Gasteiger partial charge in [-0.2, -0.15) is 0 Å². The highest BCUT2D eigenvalue weighted by Crippen LogP contribution is 2.41. The summed E-state index contributed by atoms with van der Waals surface area (Å²) in [5.74, 6) is 0.918. The lowest BCUT2D eigenvalue weighted by Gasteiger charge is -2.09. The van der Waals surface area contributed by atoms with E-state index in [9.17, 15) is 0 Å². The fraction of sp³-hybridized carbons (Fsp3) is 0. The maximum atomic E-state index is 4.72. The average Bonchev–Trinajstić information content (AvgIpc) is 3.40. The Hall–Kier alpha value is -3.47. The van der Waals surface area contributed by atoms with Crippen LogP contribution in [0.3, 0.4) is 0 Å².